The van der Waals surface area contributed by atoms with Crippen LogP contribution in [0.25, 0.3) is 0 Å². The molecule has 0 N–H and O–H groups in total. The zero-order valence-corrected chi connectivity index (χ0v) is 8.98. The SMILES string of the molecule is CCc1nc(CN(C)C)sc1C#N. The number of aryl methyl sites for hydroxylation is 1. The van der Waals surface area contributed by atoms with E-state index in [0.29, 0.717) is 0 Å². The van der Waals surface area contributed by atoms with Crippen LogP contribution in [0.2, 0.25) is 0 Å². The summed E-state index contributed by atoms with van der Waals surface area (Å²) in [4.78, 5) is 7.21. The number of hydrogen-bond acceptors (Lipinski definition) is 4. The van der Waals surface area contributed by atoms with Crippen molar-refractivity contribution in [1.29, 1.82) is 5.26 Å². The Morgan fingerprint density at radius 3 is 2.62 bits per heavy atom. The Labute approximate surface area is 82.6 Å². The monoisotopic (exact) mass is 195 g/mol. The Bertz CT molecular complexity index is 322. The number of aromatic nitrogens is 1. The molecule has 0 fully saturated rings. The maximum absolute atomic E-state index is 8.80. The Kier molecular flexibility index (Phi) is 3.40. The van der Waals surface area contributed by atoms with Crippen LogP contribution < -0.4 is 0 Å². The van der Waals surface area contributed by atoms with Crippen LogP contribution >= 0.6 is 11.3 Å². The van der Waals surface area contributed by atoms with Gasteiger partial charge in [-0.25, -0.2) is 4.98 Å². The number of nitrogens with zero attached hydrogens (tertiary/aromatic N) is 3. The van der Waals surface area contributed by atoms with Gasteiger partial charge >= 0.3 is 0 Å². The minimum absolute atomic E-state index is 0.763. The molecule has 4 heteroatoms. The van der Waals surface area contributed by atoms with Crippen molar-refractivity contribution < 1.29 is 0 Å². The van der Waals surface area contributed by atoms with E-state index < -0.39 is 0 Å². The average Bonchev–Trinajstić information content (AvgIpc) is 2.45. The highest BCUT2D eigenvalue weighted by molar-refractivity contribution is 7.12. The summed E-state index contributed by atoms with van der Waals surface area (Å²) in [5.41, 5.74) is 0.935. The second-order valence-electron chi connectivity index (χ2n) is 3.09. The largest absolute Gasteiger partial charge is 0.303 e. The van der Waals surface area contributed by atoms with Crippen LogP contribution in [-0.4, -0.2) is 24.0 Å². The van der Waals surface area contributed by atoms with Crippen molar-refractivity contribution in [2.45, 2.75) is 19.9 Å². The lowest BCUT2D eigenvalue weighted by Crippen LogP contribution is -2.10. The molecular formula is C9H13N3S. The third-order valence-corrected chi connectivity index (χ3v) is 2.62. The van der Waals surface area contributed by atoms with Gasteiger partial charge in [0.05, 0.1) is 5.69 Å². The molecule has 70 valence electrons. The van der Waals surface area contributed by atoms with E-state index in [1.807, 2.05) is 21.0 Å². The topological polar surface area (TPSA) is 39.9 Å². The first-order valence-electron chi connectivity index (χ1n) is 4.20. The number of rotatable bonds is 3. The van der Waals surface area contributed by atoms with Crippen molar-refractivity contribution >= 4 is 11.3 Å². The van der Waals surface area contributed by atoms with Gasteiger partial charge in [-0.2, -0.15) is 5.26 Å². The van der Waals surface area contributed by atoms with Crippen molar-refractivity contribution in [2.75, 3.05) is 14.1 Å². The molecule has 0 aromatic carbocycles. The van der Waals surface area contributed by atoms with Gasteiger partial charge in [0.25, 0.3) is 0 Å². The summed E-state index contributed by atoms with van der Waals surface area (Å²) in [6.45, 7) is 2.84. The van der Waals surface area contributed by atoms with Crippen molar-refractivity contribution in [1.82, 2.24) is 9.88 Å². The Morgan fingerprint density at radius 2 is 2.23 bits per heavy atom. The molecule has 1 heterocycles. The normalized spacial score (nSPS) is 10.4. The predicted octanol–water partition coefficient (Wildman–Crippen LogP) is 1.64. The molecule has 1 aromatic rings. The van der Waals surface area contributed by atoms with Gasteiger partial charge in [0, 0.05) is 6.54 Å². The quantitative estimate of drug-likeness (QED) is 0.736. The van der Waals surface area contributed by atoms with E-state index in [4.69, 9.17) is 5.26 Å². The van der Waals surface area contributed by atoms with Crippen LogP contribution in [0.4, 0.5) is 0 Å². The molecule has 0 aliphatic rings. The first-order chi connectivity index (χ1) is 6.17. The maximum atomic E-state index is 8.80. The van der Waals surface area contributed by atoms with Crippen molar-refractivity contribution in [3.05, 3.63) is 15.6 Å². The highest BCUT2D eigenvalue weighted by Crippen LogP contribution is 2.18. The molecule has 1 aromatic heterocycles. The van der Waals surface area contributed by atoms with Crippen molar-refractivity contribution in [3.8, 4) is 6.07 Å². The van der Waals surface area contributed by atoms with Gasteiger partial charge in [0.2, 0.25) is 0 Å². The Morgan fingerprint density at radius 1 is 1.54 bits per heavy atom. The first kappa shape index (κ1) is 10.2. The van der Waals surface area contributed by atoms with Crippen LogP contribution in [0.1, 0.15) is 22.5 Å². The minimum atomic E-state index is 0.763. The molecule has 0 unspecified atom stereocenters. The second-order valence-corrected chi connectivity index (χ2v) is 4.17. The fraction of sp³-hybridized carbons (Fsp3) is 0.556. The van der Waals surface area contributed by atoms with Crippen LogP contribution in [0, 0.1) is 11.3 Å². The van der Waals surface area contributed by atoms with Crippen LogP contribution in [0.3, 0.4) is 0 Å². The van der Waals surface area contributed by atoms with Crippen molar-refractivity contribution in [3.63, 3.8) is 0 Å². The van der Waals surface area contributed by atoms with Crippen LogP contribution in [0.5, 0.6) is 0 Å². The number of thiazole rings is 1. The maximum Gasteiger partial charge on any atom is 0.128 e. The Hall–Kier alpha value is -0.920. The molecule has 0 saturated heterocycles. The molecule has 0 aliphatic heterocycles. The zero-order chi connectivity index (χ0) is 9.84. The van der Waals surface area contributed by atoms with E-state index in [0.717, 1.165) is 28.5 Å². The van der Waals surface area contributed by atoms with Crippen LogP contribution in [-0.2, 0) is 13.0 Å². The van der Waals surface area contributed by atoms with E-state index in [1.165, 1.54) is 11.3 Å². The highest BCUT2D eigenvalue weighted by atomic mass is 32.1. The standard InChI is InChI=1S/C9H13N3S/c1-4-7-8(5-10)13-9(11-7)6-12(2)3/h4,6H2,1-3H3. The van der Waals surface area contributed by atoms with Crippen LogP contribution in [0.15, 0.2) is 0 Å². The molecule has 0 atom stereocenters. The summed E-state index contributed by atoms with van der Waals surface area (Å²) in [6, 6.07) is 2.18. The van der Waals surface area contributed by atoms with Gasteiger partial charge in [-0.1, -0.05) is 6.92 Å². The lowest BCUT2D eigenvalue weighted by atomic mass is 10.3. The van der Waals surface area contributed by atoms with Gasteiger partial charge in [-0.3, -0.25) is 0 Å². The highest BCUT2D eigenvalue weighted by Gasteiger charge is 2.08. The van der Waals surface area contributed by atoms with E-state index >= 15 is 0 Å². The summed E-state index contributed by atoms with van der Waals surface area (Å²) in [5.74, 6) is 0. The molecule has 1 rings (SSSR count). The second kappa shape index (κ2) is 4.35. The predicted molar refractivity (Wildman–Crippen MR) is 53.6 cm³/mol. The van der Waals surface area contributed by atoms with Crippen molar-refractivity contribution in [2.24, 2.45) is 0 Å². The zero-order valence-electron chi connectivity index (χ0n) is 8.16. The molecule has 0 spiro atoms. The number of nitriles is 1. The molecular weight excluding hydrogens is 182 g/mol. The van der Waals surface area contributed by atoms with E-state index in [1.54, 1.807) is 0 Å². The summed E-state index contributed by atoms with van der Waals surface area (Å²) in [7, 11) is 4.00. The van der Waals surface area contributed by atoms with Gasteiger partial charge < -0.3 is 4.90 Å². The summed E-state index contributed by atoms with van der Waals surface area (Å²) < 4.78 is 0. The van der Waals surface area contributed by atoms with Gasteiger partial charge in [0.1, 0.15) is 16.0 Å². The molecule has 0 amide bonds. The van der Waals surface area contributed by atoms with Gasteiger partial charge in [-0.15, -0.1) is 11.3 Å². The molecule has 0 saturated carbocycles. The summed E-state index contributed by atoms with van der Waals surface area (Å²) >= 11 is 1.50. The third-order valence-electron chi connectivity index (χ3n) is 1.63. The summed E-state index contributed by atoms with van der Waals surface area (Å²) in [5, 5.41) is 9.83. The van der Waals surface area contributed by atoms with Gasteiger partial charge in [-0.05, 0) is 20.5 Å². The molecule has 0 bridgehead atoms. The van der Waals surface area contributed by atoms with E-state index in [-0.39, 0.29) is 0 Å². The van der Waals surface area contributed by atoms with E-state index in [9.17, 15) is 0 Å². The lowest BCUT2D eigenvalue weighted by Gasteiger charge is -2.04. The molecule has 3 nitrogen and oxygen atoms in total. The lowest BCUT2D eigenvalue weighted by molar-refractivity contribution is 0.401. The molecule has 13 heavy (non-hydrogen) atoms. The summed E-state index contributed by atoms with van der Waals surface area (Å²) in [6.07, 6.45) is 0.840. The molecule has 0 radical (unpaired) electrons. The first-order valence-corrected chi connectivity index (χ1v) is 5.02. The smallest absolute Gasteiger partial charge is 0.128 e. The molecule has 0 aliphatic carbocycles. The van der Waals surface area contributed by atoms with Gasteiger partial charge in [0.15, 0.2) is 0 Å². The van der Waals surface area contributed by atoms with E-state index in [2.05, 4.69) is 16.0 Å². The third kappa shape index (κ3) is 2.51. The average molecular weight is 195 g/mol. The fourth-order valence-electron chi connectivity index (χ4n) is 1.07. The number of hydrogen-bond donors (Lipinski definition) is 0. The fourth-order valence-corrected chi connectivity index (χ4v) is 2.13. The Balaban J connectivity index is 2.88. The minimum Gasteiger partial charge on any atom is -0.303 e.